The average molecular weight is 656 g/mol. The van der Waals surface area contributed by atoms with Crippen LogP contribution in [0.1, 0.15) is 54.4 Å². The summed E-state index contributed by atoms with van der Waals surface area (Å²) in [6.45, 7) is 6.05. The summed E-state index contributed by atoms with van der Waals surface area (Å²) in [4.78, 5) is 62.0. The maximum absolute atomic E-state index is 14.2. The molecule has 4 rings (SSSR count). The zero-order chi connectivity index (χ0) is 31.9. The molecule has 1 aliphatic heterocycles. The highest BCUT2D eigenvalue weighted by atomic mass is 35.5. The summed E-state index contributed by atoms with van der Waals surface area (Å²) in [6, 6.07) is 9.90. The molecule has 3 aromatic rings. The number of nitrogens with zero attached hydrogens (tertiary/aromatic N) is 2. The van der Waals surface area contributed by atoms with Gasteiger partial charge < -0.3 is 24.9 Å². The Morgan fingerprint density at radius 1 is 1.14 bits per heavy atom. The number of rotatable bonds is 8. The van der Waals surface area contributed by atoms with Gasteiger partial charge in [-0.05, 0) is 59.5 Å². The van der Waals surface area contributed by atoms with Crippen molar-refractivity contribution in [3.05, 3.63) is 69.6 Å². The second kappa shape index (κ2) is 12.2. The SMILES string of the molecule is CN(Cc1ccc(Cl)cc1)C(=O)[C@@H]1CCCN1C(=O)[C@@H](NC(=O)c1cc2cc(C(F)(F)P(=O)(O)O)ccc2s1)C(C)(C)C. The number of likely N-dealkylation sites (N-methyl/N-ethyl adjacent to an activating group) is 1. The Bertz CT molecular complexity index is 1590. The minimum atomic E-state index is -5.76. The van der Waals surface area contributed by atoms with Crippen molar-refractivity contribution in [1.82, 2.24) is 15.1 Å². The van der Waals surface area contributed by atoms with E-state index in [0.29, 0.717) is 35.7 Å². The van der Waals surface area contributed by atoms with Crippen LogP contribution in [0.25, 0.3) is 10.1 Å². The molecule has 1 fully saturated rings. The molecular formula is C29H33ClF2N3O6PS. The van der Waals surface area contributed by atoms with Crippen LogP contribution in [0.3, 0.4) is 0 Å². The van der Waals surface area contributed by atoms with E-state index in [2.05, 4.69) is 5.32 Å². The van der Waals surface area contributed by atoms with E-state index >= 15 is 0 Å². The van der Waals surface area contributed by atoms with E-state index in [9.17, 15) is 27.7 Å². The van der Waals surface area contributed by atoms with Crippen molar-refractivity contribution in [3.8, 4) is 0 Å². The van der Waals surface area contributed by atoms with Gasteiger partial charge in [0.1, 0.15) is 12.1 Å². The number of alkyl halides is 2. The molecule has 1 aliphatic rings. The summed E-state index contributed by atoms with van der Waals surface area (Å²) in [5.74, 6) is -1.23. The van der Waals surface area contributed by atoms with E-state index in [4.69, 9.17) is 21.4 Å². The van der Waals surface area contributed by atoms with Gasteiger partial charge in [-0.25, -0.2) is 0 Å². The molecule has 232 valence electrons. The lowest BCUT2D eigenvalue weighted by Gasteiger charge is -2.36. The van der Waals surface area contributed by atoms with Gasteiger partial charge >= 0.3 is 13.3 Å². The molecule has 1 saturated heterocycles. The number of halogens is 3. The first-order valence-electron chi connectivity index (χ1n) is 13.5. The minimum Gasteiger partial charge on any atom is -0.340 e. The van der Waals surface area contributed by atoms with Gasteiger partial charge in [0.25, 0.3) is 5.91 Å². The zero-order valence-corrected chi connectivity index (χ0v) is 26.5. The van der Waals surface area contributed by atoms with Gasteiger partial charge in [0.15, 0.2) is 0 Å². The van der Waals surface area contributed by atoms with Crippen LogP contribution in [0.15, 0.2) is 48.5 Å². The summed E-state index contributed by atoms with van der Waals surface area (Å²) in [7, 11) is -4.09. The number of carbonyl (C=O) groups is 3. The number of likely N-dealkylation sites (tertiary alicyclic amines) is 1. The first-order valence-corrected chi connectivity index (χ1v) is 16.3. The van der Waals surface area contributed by atoms with Crippen molar-refractivity contribution < 1.29 is 37.5 Å². The molecule has 0 bridgehead atoms. The Morgan fingerprint density at radius 3 is 2.40 bits per heavy atom. The smallest absolute Gasteiger partial charge is 0.340 e. The fourth-order valence-corrected chi connectivity index (χ4v) is 6.56. The number of hydrogen-bond acceptors (Lipinski definition) is 5. The number of nitrogens with one attached hydrogen (secondary N) is 1. The predicted octanol–water partition coefficient (Wildman–Crippen LogP) is 5.58. The average Bonchev–Trinajstić information content (AvgIpc) is 3.58. The maximum atomic E-state index is 14.2. The largest absolute Gasteiger partial charge is 0.399 e. The lowest BCUT2D eigenvalue weighted by molar-refractivity contribution is -0.145. The second-order valence-electron chi connectivity index (χ2n) is 11.7. The Kier molecular flexibility index (Phi) is 9.40. The molecule has 3 N–H and O–H groups in total. The van der Waals surface area contributed by atoms with Crippen LogP contribution >= 0.6 is 30.5 Å². The second-order valence-corrected chi connectivity index (χ2v) is 14.9. The van der Waals surface area contributed by atoms with Gasteiger partial charge in [-0.15, -0.1) is 11.3 Å². The van der Waals surface area contributed by atoms with Crippen LogP contribution in [0, 0.1) is 5.41 Å². The molecule has 2 heterocycles. The third-order valence-electron chi connectivity index (χ3n) is 7.37. The molecule has 0 radical (unpaired) electrons. The summed E-state index contributed by atoms with van der Waals surface area (Å²) in [5, 5.41) is 3.57. The predicted molar refractivity (Wildman–Crippen MR) is 161 cm³/mol. The molecule has 9 nitrogen and oxygen atoms in total. The molecular weight excluding hydrogens is 623 g/mol. The first kappa shape index (κ1) is 33.0. The lowest BCUT2D eigenvalue weighted by Crippen LogP contribution is -2.57. The molecule has 14 heteroatoms. The number of fused-ring (bicyclic) bond motifs is 1. The van der Waals surface area contributed by atoms with E-state index in [0.717, 1.165) is 29.0 Å². The van der Waals surface area contributed by atoms with Crippen molar-refractivity contribution in [2.24, 2.45) is 5.41 Å². The maximum Gasteiger partial charge on any atom is 0.399 e. The van der Waals surface area contributed by atoms with E-state index in [1.54, 1.807) is 44.9 Å². The van der Waals surface area contributed by atoms with Crippen LogP contribution in [0.2, 0.25) is 5.02 Å². The Balaban J connectivity index is 1.52. The first-order chi connectivity index (χ1) is 19.9. The summed E-state index contributed by atoms with van der Waals surface area (Å²) < 4.78 is 40.2. The van der Waals surface area contributed by atoms with E-state index in [1.165, 1.54) is 17.0 Å². The molecule has 0 unspecified atom stereocenters. The molecule has 2 atom stereocenters. The standard InChI is InChI=1S/C29H33ClF2N3O6PS/c1-28(2,3)24(27(38)35-13-5-6-21(35)26(37)34(4)16-17-7-10-20(30)11-8-17)33-25(36)23-15-18-14-19(9-12-22(18)43-23)29(31,32)42(39,40)41/h7-12,14-15,21,24H,5-6,13,16H2,1-4H3,(H,33,36)(H2,39,40,41)/t21-,24+/m0/s1. The fourth-order valence-electron chi connectivity index (χ4n) is 5.01. The van der Waals surface area contributed by atoms with Gasteiger partial charge in [0.2, 0.25) is 11.8 Å². The van der Waals surface area contributed by atoms with Crippen LogP contribution in [0.4, 0.5) is 8.78 Å². The summed E-state index contributed by atoms with van der Waals surface area (Å²) in [6.07, 6.45) is 1.11. The molecule has 0 spiro atoms. The van der Waals surface area contributed by atoms with Crippen molar-refractivity contribution >= 4 is 58.3 Å². The number of hydrogen-bond donors (Lipinski definition) is 3. The summed E-state index contributed by atoms with van der Waals surface area (Å²) in [5.41, 5.74) is -5.11. The highest BCUT2D eigenvalue weighted by molar-refractivity contribution is 7.52. The molecule has 2 aromatic carbocycles. The zero-order valence-electron chi connectivity index (χ0n) is 24.0. The fraction of sp³-hybridized carbons (Fsp3) is 0.414. The molecule has 0 saturated carbocycles. The minimum absolute atomic E-state index is 0.130. The number of carbonyl (C=O) groups excluding carboxylic acids is 3. The monoisotopic (exact) mass is 655 g/mol. The van der Waals surface area contributed by atoms with Crippen molar-refractivity contribution in [1.29, 1.82) is 0 Å². The lowest BCUT2D eigenvalue weighted by atomic mass is 9.85. The molecule has 43 heavy (non-hydrogen) atoms. The van der Waals surface area contributed by atoms with Crippen molar-refractivity contribution in [3.63, 3.8) is 0 Å². The van der Waals surface area contributed by atoms with Crippen LogP contribution in [-0.4, -0.2) is 63.0 Å². The normalized spacial score (nSPS) is 16.8. The van der Waals surface area contributed by atoms with E-state index in [-0.39, 0.29) is 16.2 Å². The Hall–Kier alpha value is -2.89. The Labute approximate surface area is 257 Å². The topological polar surface area (TPSA) is 127 Å². The van der Waals surface area contributed by atoms with Crippen LogP contribution < -0.4 is 5.32 Å². The third kappa shape index (κ3) is 7.10. The number of thiophene rings is 1. The molecule has 1 aromatic heterocycles. The van der Waals surface area contributed by atoms with Crippen LogP contribution in [0.5, 0.6) is 0 Å². The molecule has 3 amide bonds. The number of amides is 3. The van der Waals surface area contributed by atoms with Gasteiger partial charge in [-0.3, -0.25) is 18.9 Å². The Morgan fingerprint density at radius 2 is 1.79 bits per heavy atom. The summed E-state index contributed by atoms with van der Waals surface area (Å²) >= 11 is 6.96. The van der Waals surface area contributed by atoms with Crippen molar-refractivity contribution in [2.45, 2.75) is 57.9 Å². The van der Waals surface area contributed by atoms with Gasteiger partial charge in [-0.1, -0.05) is 50.6 Å². The number of benzene rings is 2. The third-order valence-corrected chi connectivity index (χ3v) is 9.73. The van der Waals surface area contributed by atoms with Gasteiger partial charge in [-0.2, -0.15) is 8.78 Å². The quantitative estimate of drug-likeness (QED) is 0.272. The highest BCUT2D eigenvalue weighted by Gasteiger charge is 2.50. The van der Waals surface area contributed by atoms with Crippen molar-refractivity contribution in [2.75, 3.05) is 13.6 Å². The van der Waals surface area contributed by atoms with Gasteiger partial charge in [0, 0.05) is 35.4 Å². The van der Waals surface area contributed by atoms with Gasteiger partial charge in [0.05, 0.1) is 4.88 Å². The van der Waals surface area contributed by atoms with E-state index in [1.807, 2.05) is 12.1 Å². The highest BCUT2D eigenvalue weighted by Crippen LogP contribution is 2.59. The molecule has 0 aliphatic carbocycles. The van der Waals surface area contributed by atoms with E-state index < -0.39 is 48.1 Å². The van der Waals surface area contributed by atoms with Crippen LogP contribution in [-0.2, 0) is 26.4 Å².